The Kier molecular flexibility index (Phi) is 6.11. The number of nitrogens with one attached hydrogen (secondary N) is 1. The van der Waals surface area contributed by atoms with Crippen LogP contribution in [0.25, 0.3) is 0 Å². The van der Waals surface area contributed by atoms with E-state index in [0.29, 0.717) is 11.4 Å². The maximum absolute atomic E-state index is 13.0. The van der Waals surface area contributed by atoms with Gasteiger partial charge in [-0.2, -0.15) is 5.26 Å². The van der Waals surface area contributed by atoms with Gasteiger partial charge in [0.05, 0.1) is 21.2 Å². The Morgan fingerprint density at radius 2 is 1.77 bits per heavy atom. The van der Waals surface area contributed by atoms with Crippen molar-refractivity contribution in [1.29, 1.82) is 5.26 Å². The number of sulfonamides is 1. The second-order valence-electron chi connectivity index (χ2n) is 6.60. The number of aryl methyl sites for hydroxylation is 1. The standard InChI is InChI=1S/C22H18ClN3O3S/c1-15-6-9-19(10-7-15)26(2)30(28,29)20-5-3-4-16(13-20)22(27)25-18-8-11-21(23)17(12-18)14-24/h3-13H,1-2H3,(H,25,27). The fraction of sp³-hybridized carbons (Fsp3) is 0.0909. The van der Waals surface area contributed by atoms with E-state index in [4.69, 9.17) is 16.9 Å². The Labute approximate surface area is 180 Å². The second-order valence-corrected chi connectivity index (χ2v) is 8.97. The van der Waals surface area contributed by atoms with Gasteiger partial charge in [0.1, 0.15) is 6.07 Å². The minimum atomic E-state index is -3.86. The zero-order valence-electron chi connectivity index (χ0n) is 16.3. The Bertz CT molecular complexity index is 1250. The van der Waals surface area contributed by atoms with Gasteiger partial charge in [-0.3, -0.25) is 9.10 Å². The number of hydrogen-bond donors (Lipinski definition) is 1. The monoisotopic (exact) mass is 439 g/mol. The molecule has 0 aliphatic carbocycles. The predicted octanol–water partition coefficient (Wildman–Crippen LogP) is 4.60. The number of rotatable bonds is 5. The van der Waals surface area contributed by atoms with Crippen LogP contribution in [-0.2, 0) is 10.0 Å². The van der Waals surface area contributed by atoms with Crippen molar-refractivity contribution in [3.8, 4) is 6.07 Å². The molecule has 0 saturated carbocycles. The van der Waals surface area contributed by atoms with E-state index in [1.54, 1.807) is 18.2 Å². The third kappa shape index (κ3) is 4.46. The number of anilines is 2. The molecule has 0 aromatic heterocycles. The zero-order valence-corrected chi connectivity index (χ0v) is 17.8. The van der Waals surface area contributed by atoms with Crippen molar-refractivity contribution in [3.05, 3.63) is 88.4 Å². The number of benzene rings is 3. The van der Waals surface area contributed by atoms with Crippen molar-refractivity contribution in [1.82, 2.24) is 0 Å². The van der Waals surface area contributed by atoms with E-state index in [1.807, 2.05) is 25.1 Å². The van der Waals surface area contributed by atoms with Gasteiger partial charge in [0, 0.05) is 18.3 Å². The summed E-state index contributed by atoms with van der Waals surface area (Å²) in [5.41, 5.74) is 2.31. The normalized spacial score (nSPS) is 10.9. The van der Waals surface area contributed by atoms with E-state index >= 15 is 0 Å². The van der Waals surface area contributed by atoms with Crippen molar-refractivity contribution in [2.45, 2.75) is 11.8 Å². The van der Waals surface area contributed by atoms with Crippen LogP contribution < -0.4 is 9.62 Å². The van der Waals surface area contributed by atoms with Gasteiger partial charge in [-0.05, 0) is 55.5 Å². The lowest BCUT2D eigenvalue weighted by atomic mass is 10.2. The molecule has 0 unspecified atom stereocenters. The van der Waals surface area contributed by atoms with Crippen molar-refractivity contribution in [3.63, 3.8) is 0 Å². The van der Waals surface area contributed by atoms with E-state index in [-0.39, 0.29) is 21.0 Å². The van der Waals surface area contributed by atoms with Gasteiger partial charge in [0.2, 0.25) is 0 Å². The first-order valence-electron chi connectivity index (χ1n) is 8.89. The first-order chi connectivity index (χ1) is 14.2. The molecule has 0 saturated heterocycles. The summed E-state index contributed by atoms with van der Waals surface area (Å²) in [7, 11) is -2.40. The van der Waals surface area contributed by atoms with Gasteiger partial charge in [-0.25, -0.2) is 8.42 Å². The molecule has 0 aliphatic rings. The Balaban J connectivity index is 1.87. The summed E-state index contributed by atoms with van der Waals surface area (Å²) in [4.78, 5) is 12.6. The molecule has 152 valence electrons. The molecule has 8 heteroatoms. The average molecular weight is 440 g/mol. The van der Waals surface area contributed by atoms with Crippen molar-refractivity contribution in [2.75, 3.05) is 16.7 Å². The SMILES string of the molecule is Cc1ccc(N(C)S(=O)(=O)c2cccc(C(=O)Nc3ccc(Cl)c(C#N)c3)c2)cc1. The third-order valence-corrected chi connectivity index (χ3v) is 6.61. The fourth-order valence-corrected chi connectivity index (χ4v) is 4.14. The van der Waals surface area contributed by atoms with Crippen LogP contribution in [0.3, 0.4) is 0 Å². The van der Waals surface area contributed by atoms with Crippen LogP contribution in [0.1, 0.15) is 21.5 Å². The quantitative estimate of drug-likeness (QED) is 0.629. The lowest BCUT2D eigenvalue weighted by Crippen LogP contribution is -2.26. The minimum absolute atomic E-state index is 0.00737. The summed E-state index contributed by atoms with van der Waals surface area (Å²) in [6.07, 6.45) is 0. The summed E-state index contributed by atoms with van der Waals surface area (Å²) in [6, 6.07) is 19.3. The van der Waals surface area contributed by atoms with Gasteiger partial charge in [0.15, 0.2) is 0 Å². The second kappa shape index (κ2) is 8.57. The average Bonchev–Trinajstić information content (AvgIpc) is 2.75. The van der Waals surface area contributed by atoms with Crippen molar-refractivity contribution < 1.29 is 13.2 Å². The van der Waals surface area contributed by atoms with Gasteiger partial charge < -0.3 is 5.32 Å². The number of carbonyl (C=O) groups is 1. The molecule has 0 radical (unpaired) electrons. The lowest BCUT2D eigenvalue weighted by molar-refractivity contribution is 0.102. The van der Waals surface area contributed by atoms with Crippen LogP contribution in [0.4, 0.5) is 11.4 Å². The molecule has 0 spiro atoms. The molecule has 0 bridgehead atoms. The Hall–Kier alpha value is -3.34. The van der Waals surface area contributed by atoms with Crippen LogP contribution in [0.5, 0.6) is 0 Å². The molecule has 1 N–H and O–H groups in total. The number of halogens is 1. The maximum Gasteiger partial charge on any atom is 0.264 e. The molecule has 1 amide bonds. The molecule has 6 nitrogen and oxygen atoms in total. The van der Waals surface area contributed by atoms with Gasteiger partial charge in [-0.15, -0.1) is 0 Å². The van der Waals surface area contributed by atoms with E-state index < -0.39 is 15.9 Å². The highest BCUT2D eigenvalue weighted by Gasteiger charge is 2.22. The van der Waals surface area contributed by atoms with Gasteiger partial charge in [0.25, 0.3) is 15.9 Å². The largest absolute Gasteiger partial charge is 0.322 e. The van der Waals surface area contributed by atoms with E-state index in [1.165, 1.54) is 47.8 Å². The number of carbonyl (C=O) groups excluding carboxylic acids is 1. The topological polar surface area (TPSA) is 90.3 Å². The molecule has 0 heterocycles. The number of hydrogen-bond acceptors (Lipinski definition) is 4. The van der Waals surface area contributed by atoms with Gasteiger partial charge >= 0.3 is 0 Å². The minimum Gasteiger partial charge on any atom is -0.322 e. The fourth-order valence-electron chi connectivity index (χ4n) is 2.74. The summed E-state index contributed by atoms with van der Waals surface area (Å²) >= 11 is 5.90. The molecule has 3 aromatic carbocycles. The number of nitrogens with zero attached hydrogens (tertiary/aromatic N) is 2. The summed E-state index contributed by atoms with van der Waals surface area (Å²) < 4.78 is 27.2. The first kappa shape index (κ1) is 21.4. The summed E-state index contributed by atoms with van der Waals surface area (Å²) in [5.74, 6) is -0.503. The van der Waals surface area contributed by atoms with E-state index in [2.05, 4.69) is 5.32 Å². The van der Waals surface area contributed by atoms with Crippen molar-refractivity contribution >= 4 is 38.9 Å². The van der Waals surface area contributed by atoms with Crippen LogP contribution in [-0.4, -0.2) is 21.4 Å². The molecule has 0 aliphatic heterocycles. The zero-order chi connectivity index (χ0) is 21.9. The molecular formula is C22H18ClN3O3S. The van der Waals surface area contributed by atoms with Crippen molar-refractivity contribution in [2.24, 2.45) is 0 Å². The molecule has 30 heavy (non-hydrogen) atoms. The molecule has 3 rings (SSSR count). The number of amides is 1. The molecule has 3 aromatic rings. The van der Waals surface area contributed by atoms with Crippen LogP contribution in [0.15, 0.2) is 71.6 Å². The van der Waals surface area contributed by atoms with Crippen LogP contribution in [0, 0.1) is 18.3 Å². The van der Waals surface area contributed by atoms with Crippen LogP contribution >= 0.6 is 11.6 Å². The smallest absolute Gasteiger partial charge is 0.264 e. The first-order valence-corrected chi connectivity index (χ1v) is 10.7. The molecule has 0 atom stereocenters. The summed E-state index contributed by atoms with van der Waals surface area (Å²) in [6.45, 7) is 1.92. The predicted molar refractivity (Wildman–Crippen MR) is 117 cm³/mol. The van der Waals surface area contributed by atoms with Crippen LogP contribution in [0.2, 0.25) is 5.02 Å². The van der Waals surface area contributed by atoms with E-state index in [9.17, 15) is 13.2 Å². The molecule has 0 fully saturated rings. The third-order valence-electron chi connectivity index (χ3n) is 4.50. The van der Waals surface area contributed by atoms with Gasteiger partial charge in [-0.1, -0.05) is 35.4 Å². The highest BCUT2D eigenvalue weighted by atomic mass is 35.5. The molecular weight excluding hydrogens is 422 g/mol. The number of nitriles is 1. The lowest BCUT2D eigenvalue weighted by Gasteiger charge is -2.20. The van der Waals surface area contributed by atoms with E-state index in [0.717, 1.165) is 5.56 Å². The highest BCUT2D eigenvalue weighted by Crippen LogP contribution is 2.24. The Morgan fingerprint density at radius 1 is 1.07 bits per heavy atom. The maximum atomic E-state index is 13.0. The summed E-state index contributed by atoms with van der Waals surface area (Å²) in [5, 5.41) is 12.0. The highest BCUT2D eigenvalue weighted by molar-refractivity contribution is 7.92. The Morgan fingerprint density at radius 3 is 2.43 bits per heavy atom.